The Morgan fingerprint density at radius 1 is 1.24 bits per heavy atom. The van der Waals surface area contributed by atoms with Crippen LogP contribution in [0.3, 0.4) is 0 Å². The molecule has 0 fully saturated rings. The number of aromatic nitrogens is 3. The first kappa shape index (κ1) is 18.9. The second-order valence-corrected chi connectivity index (χ2v) is 7.13. The maximum Gasteiger partial charge on any atom is 0.203 e. The number of aromatic hydroxyl groups is 1. The molecule has 2 atom stereocenters. The van der Waals surface area contributed by atoms with Crippen molar-refractivity contribution in [2.45, 2.75) is 25.8 Å². The minimum atomic E-state index is -0.173. The van der Waals surface area contributed by atoms with E-state index in [-0.39, 0.29) is 23.1 Å². The van der Waals surface area contributed by atoms with Gasteiger partial charge in [0.1, 0.15) is 17.5 Å². The molecule has 0 amide bonds. The fourth-order valence-corrected chi connectivity index (χ4v) is 3.45. The Morgan fingerprint density at radius 2 is 2.10 bits per heavy atom. The largest absolute Gasteiger partial charge is 0.506 e. The second-order valence-electron chi connectivity index (χ2n) is 7.13. The van der Waals surface area contributed by atoms with Crippen LogP contribution in [0.15, 0.2) is 64.8 Å². The molecule has 7 heteroatoms. The Bertz CT molecular complexity index is 1090. The number of hydrazone groups is 1. The van der Waals surface area contributed by atoms with E-state index < -0.39 is 0 Å². The lowest BCUT2D eigenvalue weighted by Gasteiger charge is -2.17. The zero-order valence-corrected chi connectivity index (χ0v) is 16.4. The molecule has 1 aromatic carbocycles. The molecule has 0 radical (unpaired) electrons. The van der Waals surface area contributed by atoms with Crippen LogP contribution in [-0.2, 0) is 0 Å². The lowest BCUT2D eigenvalue weighted by Crippen LogP contribution is -2.26. The summed E-state index contributed by atoms with van der Waals surface area (Å²) in [6, 6.07) is 12.9. The molecule has 0 saturated carbocycles. The van der Waals surface area contributed by atoms with Gasteiger partial charge in [0.25, 0.3) is 0 Å². The molecule has 0 saturated heterocycles. The molecule has 0 aliphatic carbocycles. The smallest absolute Gasteiger partial charge is 0.203 e. The third-order valence-corrected chi connectivity index (χ3v) is 5.20. The number of rotatable bonds is 5. The van der Waals surface area contributed by atoms with Crippen LogP contribution in [0.1, 0.15) is 37.1 Å². The molecule has 4 rings (SSSR count). The van der Waals surface area contributed by atoms with E-state index in [0.717, 1.165) is 29.9 Å². The van der Waals surface area contributed by atoms with E-state index in [1.165, 1.54) is 6.20 Å². The summed E-state index contributed by atoms with van der Waals surface area (Å²) in [7, 11) is 0. The number of benzene rings is 1. The van der Waals surface area contributed by atoms with Gasteiger partial charge in [-0.15, -0.1) is 0 Å². The Labute approximate surface area is 169 Å². The van der Waals surface area contributed by atoms with Gasteiger partial charge in [-0.05, 0) is 30.7 Å². The van der Waals surface area contributed by atoms with Gasteiger partial charge in [-0.1, -0.05) is 25.1 Å². The maximum atomic E-state index is 12.6. The Hall–Kier alpha value is -3.48. The zero-order chi connectivity index (χ0) is 20.4. The second kappa shape index (κ2) is 7.87. The average Bonchev–Trinajstić information content (AvgIpc) is 3.23. The quantitative estimate of drug-likeness (QED) is 0.725. The highest BCUT2D eigenvalue weighted by molar-refractivity contribution is 5.64. The number of hydrogen-bond acceptors (Lipinski definition) is 6. The molecule has 0 bridgehead atoms. The minimum absolute atomic E-state index is 0.0223. The van der Waals surface area contributed by atoms with Crippen LogP contribution in [0.4, 0.5) is 0 Å². The van der Waals surface area contributed by atoms with Crippen LogP contribution in [0.2, 0.25) is 0 Å². The van der Waals surface area contributed by atoms with E-state index in [1.54, 1.807) is 24.4 Å². The van der Waals surface area contributed by atoms with E-state index >= 15 is 0 Å². The average molecular weight is 389 g/mol. The van der Waals surface area contributed by atoms with Crippen LogP contribution < -0.4 is 5.43 Å². The highest BCUT2D eigenvalue weighted by Crippen LogP contribution is 2.26. The molecule has 1 N–H and O–H groups in total. The van der Waals surface area contributed by atoms with Crippen molar-refractivity contribution in [1.82, 2.24) is 19.8 Å². The summed E-state index contributed by atoms with van der Waals surface area (Å²) >= 11 is 0. The predicted octanol–water partition coefficient (Wildman–Crippen LogP) is 3.03. The van der Waals surface area contributed by atoms with Crippen molar-refractivity contribution in [2.75, 3.05) is 13.1 Å². The van der Waals surface area contributed by atoms with Gasteiger partial charge in [0.2, 0.25) is 5.43 Å². The van der Waals surface area contributed by atoms with E-state index in [0.29, 0.717) is 5.69 Å². The van der Waals surface area contributed by atoms with Crippen LogP contribution >= 0.6 is 0 Å². The molecule has 3 aromatic rings. The summed E-state index contributed by atoms with van der Waals surface area (Å²) in [5.41, 5.74) is 3.09. The number of pyridine rings is 1. The zero-order valence-electron chi connectivity index (χ0n) is 16.4. The molecular weight excluding hydrogens is 366 g/mol. The normalized spacial score (nSPS) is 16.9. The summed E-state index contributed by atoms with van der Waals surface area (Å²) in [5, 5.41) is 20.4. The Morgan fingerprint density at radius 3 is 2.83 bits per heavy atom. The fourth-order valence-electron chi connectivity index (χ4n) is 3.45. The van der Waals surface area contributed by atoms with Gasteiger partial charge in [-0.25, -0.2) is 0 Å². The van der Waals surface area contributed by atoms with E-state index in [1.807, 2.05) is 47.1 Å². The van der Waals surface area contributed by atoms with E-state index in [2.05, 4.69) is 22.1 Å². The van der Waals surface area contributed by atoms with Crippen LogP contribution in [0.25, 0.3) is 11.3 Å². The monoisotopic (exact) mass is 389 g/mol. The molecule has 3 heterocycles. The predicted molar refractivity (Wildman–Crippen MR) is 112 cm³/mol. The van der Waals surface area contributed by atoms with Gasteiger partial charge in [0.15, 0.2) is 0 Å². The highest BCUT2D eigenvalue weighted by Gasteiger charge is 2.21. The molecule has 148 valence electrons. The lowest BCUT2D eigenvalue weighted by molar-refractivity contribution is 0.303. The van der Waals surface area contributed by atoms with Crippen molar-refractivity contribution >= 4 is 6.21 Å². The third-order valence-electron chi connectivity index (χ3n) is 5.20. The molecule has 1 aliphatic heterocycles. The van der Waals surface area contributed by atoms with Gasteiger partial charge in [0, 0.05) is 30.3 Å². The number of hydrogen-bond donors (Lipinski definition) is 1. The summed E-state index contributed by atoms with van der Waals surface area (Å²) in [6.07, 6.45) is 5.02. The maximum absolute atomic E-state index is 12.6. The SMILES string of the molecule is CCN1CC(n2ccc(=O)c(C(C)c3cccc(-c4ccc(O)cn4)c3)n2)C=N1. The topological polar surface area (TPSA) is 83.6 Å². The van der Waals surface area contributed by atoms with Gasteiger partial charge in [-0.3, -0.25) is 19.5 Å². The van der Waals surface area contributed by atoms with Crippen molar-refractivity contribution in [1.29, 1.82) is 0 Å². The molecule has 7 nitrogen and oxygen atoms in total. The van der Waals surface area contributed by atoms with Gasteiger partial charge in [-0.2, -0.15) is 10.2 Å². The van der Waals surface area contributed by atoms with Gasteiger partial charge >= 0.3 is 0 Å². The summed E-state index contributed by atoms with van der Waals surface area (Å²) < 4.78 is 1.82. The molecular formula is C22H23N5O2. The van der Waals surface area contributed by atoms with Crippen molar-refractivity contribution < 1.29 is 5.11 Å². The number of likely N-dealkylation sites (N-methyl/N-ethyl adjacent to an activating group) is 1. The highest BCUT2D eigenvalue weighted by atomic mass is 16.3. The summed E-state index contributed by atoms with van der Waals surface area (Å²) in [5.74, 6) is -0.0444. The van der Waals surface area contributed by atoms with E-state index in [9.17, 15) is 9.90 Å². The van der Waals surface area contributed by atoms with Crippen molar-refractivity contribution in [3.8, 4) is 17.0 Å². The molecule has 2 unspecified atom stereocenters. The lowest BCUT2D eigenvalue weighted by atomic mass is 9.95. The van der Waals surface area contributed by atoms with Crippen LogP contribution in [0, 0.1) is 0 Å². The fraction of sp³-hybridized carbons (Fsp3) is 0.273. The summed E-state index contributed by atoms with van der Waals surface area (Å²) in [4.78, 5) is 16.8. The molecule has 2 aromatic heterocycles. The third kappa shape index (κ3) is 3.89. The molecule has 0 spiro atoms. The standard InChI is InChI=1S/C22H23N5O2/c1-3-26-14-18(12-24-26)27-10-9-21(29)22(25-27)15(2)16-5-4-6-17(11-16)20-8-7-19(28)13-23-20/h4-13,15,18,28H,3,14H2,1-2H3. The molecule has 1 aliphatic rings. The minimum Gasteiger partial charge on any atom is -0.506 e. The molecule has 29 heavy (non-hydrogen) atoms. The van der Waals surface area contributed by atoms with Crippen LogP contribution in [-0.4, -0.2) is 44.2 Å². The van der Waals surface area contributed by atoms with Crippen molar-refractivity contribution in [2.24, 2.45) is 5.10 Å². The summed E-state index contributed by atoms with van der Waals surface area (Å²) in [6.45, 7) is 5.64. The van der Waals surface area contributed by atoms with Crippen molar-refractivity contribution in [3.05, 3.63) is 76.3 Å². The van der Waals surface area contributed by atoms with Crippen LogP contribution in [0.5, 0.6) is 5.75 Å². The van der Waals surface area contributed by atoms with E-state index in [4.69, 9.17) is 0 Å². The van der Waals surface area contributed by atoms with Gasteiger partial charge < -0.3 is 5.11 Å². The first-order valence-corrected chi connectivity index (χ1v) is 9.69. The Kier molecular flexibility index (Phi) is 5.12. The first-order valence-electron chi connectivity index (χ1n) is 9.69. The Balaban J connectivity index is 1.64. The number of nitrogens with zero attached hydrogens (tertiary/aromatic N) is 5. The first-order chi connectivity index (χ1) is 14.0. The van der Waals surface area contributed by atoms with Crippen molar-refractivity contribution in [3.63, 3.8) is 0 Å². The van der Waals surface area contributed by atoms with Gasteiger partial charge in [0.05, 0.1) is 24.7 Å².